The fourth-order valence-corrected chi connectivity index (χ4v) is 1.92. The van der Waals surface area contributed by atoms with Gasteiger partial charge in [0.15, 0.2) is 0 Å². The quantitative estimate of drug-likeness (QED) is 0.794. The van der Waals surface area contributed by atoms with Crippen LogP contribution in [-0.4, -0.2) is 19.1 Å². The van der Waals surface area contributed by atoms with Gasteiger partial charge in [0.2, 0.25) is 5.91 Å². The molecular weight excluding hydrogens is 204 g/mol. The smallest absolute Gasteiger partial charge is 0.218 e. The molecule has 0 saturated carbocycles. The van der Waals surface area contributed by atoms with Crippen molar-refractivity contribution in [3.05, 3.63) is 29.8 Å². The highest BCUT2D eigenvalue weighted by molar-refractivity contribution is 5.73. The van der Waals surface area contributed by atoms with Crippen molar-refractivity contribution in [2.24, 2.45) is 5.73 Å². The van der Waals surface area contributed by atoms with E-state index in [0.717, 1.165) is 12.2 Å². The summed E-state index contributed by atoms with van der Waals surface area (Å²) in [4.78, 5) is 10.6. The van der Waals surface area contributed by atoms with Crippen LogP contribution in [0.2, 0.25) is 0 Å². The fraction of sp³-hybridized carbons (Fsp3) is 0.417. The lowest BCUT2D eigenvalue weighted by molar-refractivity contribution is -0.117. The Bertz CT molecular complexity index is 379. The molecule has 3 N–H and O–H groups in total. The molecule has 0 bridgehead atoms. The predicted molar refractivity (Wildman–Crippen MR) is 61.1 cm³/mol. The van der Waals surface area contributed by atoms with Crippen LogP contribution in [0.3, 0.4) is 0 Å². The second-order valence-corrected chi connectivity index (χ2v) is 3.90. The van der Waals surface area contributed by atoms with E-state index in [9.17, 15) is 4.79 Å². The predicted octanol–water partition coefficient (Wildman–Crippen LogP) is 0.975. The van der Waals surface area contributed by atoms with Crippen molar-refractivity contribution < 1.29 is 9.53 Å². The molecule has 0 spiro atoms. The molecule has 1 heterocycles. The van der Waals surface area contributed by atoms with E-state index in [-0.39, 0.29) is 11.9 Å². The van der Waals surface area contributed by atoms with Crippen molar-refractivity contribution in [1.82, 2.24) is 5.32 Å². The zero-order valence-electron chi connectivity index (χ0n) is 9.11. The van der Waals surface area contributed by atoms with E-state index in [4.69, 9.17) is 10.5 Å². The Hall–Kier alpha value is -1.55. The molecule has 86 valence electrons. The first-order valence-electron chi connectivity index (χ1n) is 5.51. The third-order valence-corrected chi connectivity index (χ3v) is 2.72. The average Bonchev–Trinajstić information content (AvgIpc) is 2.29. The molecule has 16 heavy (non-hydrogen) atoms. The number of nitrogens with one attached hydrogen (secondary N) is 1. The normalized spacial score (nSPS) is 18.6. The van der Waals surface area contributed by atoms with E-state index < -0.39 is 0 Å². The number of nitrogens with two attached hydrogens (primary N) is 1. The Kier molecular flexibility index (Phi) is 3.41. The topological polar surface area (TPSA) is 64.4 Å². The second-order valence-electron chi connectivity index (χ2n) is 3.90. The number of rotatable bonds is 4. The highest BCUT2D eigenvalue weighted by atomic mass is 16.5. The summed E-state index contributed by atoms with van der Waals surface area (Å²) in [7, 11) is 0. The van der Waals surface area contributed by atoms with Crippen molar-refractivity contribution in [1.29, 1.82) is 0 Å². The largest absolute Gasteiger partial charge is 0.493 e. The van der Waals surface area contributed by atoms with Gasteiger partial charge in [0.25, 0.3) is 0 Å². The van der Waals surface area contributed by atoms with Crippen LogP contribution in [0.25, 0.3) is 0 Å². The first kappa shape index (κ1) is 11.0. The fourth-order valence-electron chi connectivity index (χ4n) is 1.92. The Labute approximate surface area is 94.8 Å². The molecule has 4 heteroatoms. The maximum absolute atomic E-state index is 10.6. The van der Waals surface area contributed by atoms with Gasteiger partial charge in [-0.2, -0.15) is 0 Å². The number of benzene rings is 1. The van der Waals surface area contributed by atoms with Crippen LogP contribution in [0.5, 0.6) is 5.75 Å². The van der Waals surface area contributed by atoms with E-state index in [1.165, 1.54) is 5.56 Å². The minimum Gasteiger partial charge on any atom is -0.493 e. The Morgan fingerprint density at radius 3 is 3.12 bits per heavy atom. The van der Waals surface area contributed by atoms with Crippen LogP contribution in [0.1, 0.15) is 24.4 Å². The molecule has 0 aromatic heterocycles. The van der Waals surface area contributed by atoms with Gasteiger partial charge in [-0.3, -0.25) is 4.79 Å². The lowest BCUT2D eigenvalue weighted by Gasteiger charge is -2.26. The number of amides is 1. The highest BCUT2D eigenvalue weighted by Crippen LogP contribution is 2.31. The van der Waals surface area contributed by atoms with Crippen molar-refractivity contribution in [2.75, 3.05) is 13.2 Å². The standard InChI is InChI=1S/C12H16N2O2/c13-12(15)5-7-14-10-6-8-16-11-4-2-1-3-9(10)11/h1-4,10,14H,5-8H2,(H2,13,15)/t10-/m1/s1. The molecule has 1 aliphatic rings. The summed E-state index contributed by atoms with van der Waals surface area (Å²) in [6.07, 6.45) is 1.30. The minimum absolute atomic E-state index is 0.268. The third-order valence-electron chi connectivity index (χ3n) is 2.72. The zero-order chi connectivity index (χ0) is 11.4. The molecule has 2 rings (SSSR count). The van der Waals surface area contributed by atoms with E-state index in [1.807, 2.05) is 18.2 Å². The van der Waals surface area contributed by atoms with Crippen molar-refractivity contribution in [2.45, 2.75) is 18.9 Å². The summed E-state index contributed by atoms with van der Waals surface area (Å²) in [5.41, 5.74) is 6.26. The summed E-state index contributed by atoms with van der Waals surface area (Å²) < 4.78 is 5.55. The van der Waals surface area contributed by atoms with E-state index in [2.05, 4.69) is 11.4 Å². The van der Waals surface area contributed by atoms with Crippen molar-refractivity contribution >= 4 is 5.91 Å². The van der Waals surface area contributed by atoms with E-state index in [0.29, 0.717) is 19.6 Å². The van der Waals surface area contributed by atoms with Crippen molar-refractivity contribution in [3.63, 3.8) is 0 Å². The number of para-hydroxylation sites is 1. The van der Waals surface area contributed by atoms with Gasteiger partial charge < -0.3 is 15.8 Å². The summed E-state index contributed by atoms with van der Waals surface area (Å²) in [5.74, 6) is 0.665. The molecule has 1 aromatic rings. The zero-order valence-corrected chi connectivity index (χ0v) is 9.11. The number of hydrogen-bond acceptors (Lipinski definition) is 3. The summed E-state index contributed by atoms with van der Waals surface area (Å²) in [5, 5.41) is 3.33. The molecule has 0 unspecified atom stereocenters. The van der Waals surface area contributed by atoms with E-state index in [1.54, 1.807) is 0 Å². The molecule has 1 atom stereocenters. The third kappa shape index (κ3) is 2.52. The molecule has 1 amide bonds. The number of primary amides is 1. The number of carbonyl (C=O) groups excluding carboxylic acids is 1. The van der Waals surface area contributed by atoms with Crippen LogP contribution in [0.4, 0.5) is 0 Å². The molecule has 0 fully saturated rings. The van der Waals surface area contributed by atoms with Crippen LogP contribution in [0, 0.1) is 0 Å². The highest BCUT2D eigenvalue weighted by Gasteiger charge is 2.19. The van der Waals surface area contributed by atoms with Crippen LogP contribution in [0.15, 0.2) is 24.3 Å². The Morgan fingerprint density at radius 1 is 1.50 bits per heavy atom. The summed E-state index contributed by atoms with van der Waals surface area (Å²) in [6.45, 7) is 1.33. The maximum Gasteiger partial charge on any atom is 0.218 e. The second kappa shape index (κ2) is 4.99. The maximum atomic E-state index is 10.6. The van der Waals surface area contributed by atoms with Crippen LogP contribution in [-0.2, 0) is 4.79 Å². The first-order chi connectivity index (χ1) is 7.77. The van der Waals surface area contributed by atoms with Gasteiger partial charge in [-0.05, 0) is 6.07 Å². The minimum atomic E-state index is -0.271. The molecule has 0 aliphatic carbocycles. The lowest BCUT2D eigenvalue weighted by Crippen LogP contribution is -2.29. The number of fused-ring (bicyclic) bond motifs is 1. The van der Waals surface area contributed by atoms with Crippen molar-refractivity contribution in [3.8, 4) is 5.75 Å². The number of ether oxygens (including phenoxy) is 1. The van der Waals surface area contributed by atoms with Gasteiger partial charge in [-0.1, -0.05) is 18.2 Å². The molecule has 0 saturated heterocycles. The average molecular weight is 220 g/mol. The lowest BCUT2D eigenvalue weighted by atomic mass is 10.0. The van der Waals surface area contributed by atoms with Gasteiger partial charge in [0.05, 0.1) is 6.61 Å². The Morgan fingerprint density at radius 2 is 2.31 bits per heavy atom. The molecular formula is C12H16N2O2. The van der Waals surface area contributed by atoms with Gasteiger partial charge >= 0.3 is 0 Å². The van der Waals surface area contributed by atoms with Gasteiger partial charge in [0, 0.05) is 31.0 Å². The molecule has 4 nitrogen and oxygen atoms in total. The Balaban J connectivity index is 1.99. The first-order valence-corrected chi connectivity index (χ1v) is 5.51. The summed E-state index contributed by atoms with van der Waals surface area (Å²) in [6, 6.07) is 8.25. The molecule has 0 radical (unpaired) electrons. The number of hydrogen-bond donors (Lipinski definition) is 2. The molecule has 1 aliphatic heterocycles. The van der Waals surface area contributed by atoms with Gasteiger partial charge in [0.1, 0.15) is 5.75 Å². The summed E-state index contributed by atoms with van der Waals surface area (Å²) >= 11 is 0. The SMILES string of the molecule is NC(=O)CCN[C@@H]1CCOc2ccccc21. The monoisotopic (exact) mass is 220 g/mol. The van der Waals surface area contributed by atoms with Gasteiger partial charge in [-0.15, -0.1) is 0 Å². The van der Waals surface area contributed by atoms with E-state index >= 15 is 0 Å². The molecule has 1 aromatic carbocycles. The van der Waals surface area contributed by atoms with Crippen LogP contribution < -0.4 is 15.8 Å². The van der Waals surface area contributed by atoms with Gasteiger partial charge in [-0.25, -0.2) is 0 Å². The number of carbonyl (C=O) groups is 1. The van der Waals surface area contributed by atoms with Crippen LogP contribution >= 0.6 is 0 Å².